The van der Waals surface area contributed by atoms with E-state index in [0.29, 0.717) is 11.6 Å². The van der Waals surface area contributed by atoms with Crippen LogP contribution in [-0.4, -0.2) is 17.4 Å². The summed E-state index contributed by atoms with van der Waals surface area (Å²) >= 11 is 6.07. The molecule has 0 saturated carbocycles. The Hall–Kier alpha value is -2.59. The Balaban J connectivity index is 1.59. The molecule has 0 unspecified atom stereocenters. The normalized spacial score (nSPS) is 10.5. The van der Waals surface area contributed by atoms with E-state index in [0.717, 1.165) is 22.2 Å². The van der Waals surface area contributed by atoms with Crippen LogP contribution in [0, 0.1) is 0 Å². The third-order valence-corrected chi connectivity index (χ3v) is 3.87. The van der Waals surface area contributed by atoms with Gasteiger partial charge in [0.2, 0.25) is 5.91 Å². The molecule has 0 aliphatic heterocycles. The SMILES string of the molecule is O=C(CNc1cccc2cccnc12)NCc1ccccc1Cl. The van der Waals surface area contributed by atoms with E-state index in [4.69, 9.17) is 11.6 Å². The monoisotopic (exact) mass is 325 g/mol. The molecule has 23 heavy (non-hydrogen) atoms. The lowest BCUT2D eigenvalue weighted by atomic mass is 10.2. The number of fused-ring (bicyclic) bond motifs is 1. The second-order valence-electron chi connectivity index (χ2n) is 5.10. The molecular weight excluding hydrogens is 310 g/mol. The van der Waals surface area contributed by atoms with Crippen molar-refractivity contribution in [1.29, 1.82) is 0 Å². The summed E-state index contributed by atoms with van der Waals surface area (Å²) in [5, 5.41) is 7.67. The number of hydrogen-bond donors (Lipinski definition) is 2. The predicted octanol–water partition coefficient (Wildman–Crippen LogP) is 3.62. The van der Waals surface area contributed by atoms with E-state index in [9.17, 15) is 4.79 Å². The van der Waals surface area contributed by atoms with Gasteiger partial charge in [0.1, 0.15) is 0 Å². The number of pyridine rings is 1. The van der Waals surface area contributed by atoms with Crippen molar-refractivity contribution in [2.45, 2.75) is 6.54 Å². The standard InChI is InChI=1S/C18H16ClN3O/c19-15-8-2-1-5-14(15)11-22-17(23)12-21-16-9-3-6-13-7-4-10-20-18(13)16/h1-10,21H,11-12H2,(H,22,23). The van der Waals surface area contributed by atoms with Gasteiger partial charge in [0, 0.05) is 23.2 Å². The van der Waals surface area contributed by atoms with Crippen LogP contribution < -0.4 is 10.6 Å². The van der Waals surface area contributed by atoms with Crippen LogP contribution in [0.3, 0.4) is 0 Å². The zero-order valence-corrected chi connectivity index (χ0v) is 13.2. The van der Waals surface area contributed by atoms with E-state index >= 15 is 0 Å². The van der Waals surface area contributed by atoms with E-state index in [2.05, 4.69) is 15.6 Å². The molecule has 0 aliphatic carbocycles. The predicted molar refractivity (Wildman–Crippen MR) is 93.5 cm³/mol. The van der Waals surface area contributed by atoms with Crippen molar-refractivity contribution in [2.24, 2.45) is 0 Å². The molecule has 0 saturated heterocycles. The number of hydrogen-bond acceptors (Lipinski definition) is 3. The fourth-order valence-electron chi connectivity index (χ4n) is 2.32. The lowest BCUT2D eigenvalue weighted by Gasteiger charge is -2.10. The average Bonchev–Trinajstić information content (AvgIpc) is 2.59. The lowest BCUT2D eigenvalue weighted by Crippen LogP contribution is -2.29. The summed E-state index contributed by atoms with van der Waals surface area (Å²) in [7, 11) is 0. The minimum Gasteiger partial charge on any atom is -0.374 e. The first-order chi connectivity index (χ1) is 11.2. The minimum atomic E-state index is -0.0992. The molecule has 0 fully saturated rings. The Labute approximate surface area is 139 Å². The number of nitrogens with one attached hydrogen (secondary N) is 2. The maximum atomic E-state index is 12.0. The number of nitrogens with zero attached hydrogens (tertiary/aromatic N) is 1. The molecule has 0 aliphatic rings. The third kappa shape index (κ3) is 3.79. The Morgan fingerprint density at radius 2 is 1.87 bits per heavy atom. The highest BCUT2D eigenvalue weighted by Gasteiger charge is 2.06. The van der Waals surface area contributed by atoms with Crippen molar-refractivity contribution in [3.05, 3.63) is 71.4 Å². The summed E-state index contributed by atoms with van der Waals surface area (Å²) in [6.07, 6.45) is 1.74. The number of anilines is 1. The van der Waals surface area contributed by atoms with Gasteiger partial charge in [-0.15, -0.1) is 0 Å². The summed E-state index contributed by atoms with van der Waals surface area (Å²) in [6, 6.07) is 17.2. The van der Waals surface area contributed by atoms with E-state index in [1.165, 1.54) is 0 Å². The van der Waals surface area contributed by atoms with Gasteiger partial charge >= 0.3 is 0 Å². The third-order valence-electron chi connectivity index (χ3n) is 3.51. The highest BCUT2D eigenvalue weighted by molar-refractivity contribution is 6.31. The number of para-hydroxylation sites is 1. The second-order valence-corrected chi connectivity index (χ2v) is 5.51. The first-order valence-corrected chi connectivity index (χ1v) is 7.69. The molecule has 3 rings (SSSR count). The number of amides is 1. The fraction of sp³-hybridized carbons (Fsp3) is 0.111. The number of halogens is 1. The maximum absolute atomic E-state index is 12.0. The first-order valence-electron chi connectivity index (χ1n) is 7.32. The Morgan fingerprint density at radius 3 is 2.74 bits per heavy atom. The smallest absolute Gasteiger partial charge is 0.239 e. The van der Waals surface area contributed by atoms with Crippen molar-refractivity contribution in [2.75, 3.05) is 11.9 Å². The lowest BCUT2D eigenvalue weighted by molar-refractivity contribution is -0.119. The minimum absolute atomic E-state index is 0.0992. The average molecular weight is 326 g/mol. The van der Waals surface area contributed by atoms with Gasteiger partial charge in [-0.1, -0.05) is 48.0 Å². The van der Waals surface area contributed by atoms with Crippen LogP contribution in [0.5, 0.6) is 0 Å². The molecule has 5 heteroatoms. The van der Waals surface area contributed by atoms with E-state index in [1.807, 2.05) is 54.6 Å². The van der Waals surface area contributed by atoms with Crippen LogP contribution in [0.4, 0.5) is 5.69 Å². The van der Waals surface area contributed by atoms with E-state index < -0.39 is 0 Å². The van der Waals surface area contributed by atoms with Crippen LogP contribution in [0.15, 0.2) is 60.8 Å². The number of rotatable bonds is 5. The maximum Gasteiger partial charge on any atom is 0.239 e. The second kappa shape index (κ2) is 7.11. The fourth-order valence-corrected chi connectivity index (χ4v) is 2.52. The summed E-state index contributed by atoms with van der Waals surface area (Å²) in [4.78, 5) is 16.4. The van der Waals surface area contributed by atoms with Crippen LogP contribution in [-0.2, 0) is 11.3 Å². The molecule has 2 aromatic carbocycles. The summed E-state index contributed by atoms with van der Waals surface area (Å²) in [5.41, 5.74) is 2.60. The van der Waals surface area contributed by atoms with Crippen molar-refractivity contribution in [3.8, 4) is 0 Å². The molecule has 0 bridgehead atoms. The van der Waals surface area contributed by atoms with Crippen molar-refractivity contribution in [3.63, 3.8) is 0 Å². The summed E-state index contributed by atoms with van der Waals surface area (Å²) in [5.74, 6) is -0.0992. The van der Waals surface area contributed by atoms with Crippen LogP contribution in [0.25, 0.3) is 10.9 Å². The van der Waals surface area contributed by atoms with Gasteiger partial charge in [0.25, 0.3) is 0 Å². The van der Waals surface area contributed by atoms with Gasteiger partial charge in [-0.25, -0.2) is 0 Å². The van der Waals surface area contributed by atoms with E-state index in [-0.39, 0.29) is 12.5 Å². The zero-order chi connectivity index (χ0) is 16.1. The Morgan fingerprint density at radius 1 is 1.04 bits per heavy atom. The van der Waals surface area contributed by atoms with Crippen LogP contribution in [0.2, 0.25) is 5.02 Å². The van der Waals surface area contributed by atoms with Gasteiger partial charge < -0.3 is 10.6 Å². The van der Waals surface area contributed by atoms with Gasteiger partial charge in [-0.3, -0.25) is 9.78 Å². The van der Waals surface area contributed by atoms with Gasteiger partial charge in [0.15, 0.2) is 0 Å². The highest BCUT2D eigenvalue weighted by Crippen LogP contribution is 2.20. The molecule has 1 aromatic heterocycles. The highest BCUT2D eigenvalue weighted by atomic mass is 35.5. The number of carbonyl (C=O) groups is 1. The van der Waals surface area contributed by atoms with E-state index in [1.54, 1.807) is 6.20 Å². The molecule has 1 amide bonds. The summed E-state index contributed by atoms with van der Waals surface area (Å²) < 4.78 is 0. The Kier molecular flexibility index (Phi) is 4.74. The largest absolute Gasteiger partial charge is 0.374 e. The molecule has 0 atom stereocenters. The number of aromatic nitrogens is 1. The molecule has 116 valence electrons. The van der Waals surface area contributed by atoms with Crippen molar-refractivity contribution >= 4 is 34.1 Å². The van der Waals surface area contributed by atoms with Gasteiger partial charge in [-0.05, 0) is 23.8 Å². The summed E-state index contributed by atoms with van der Waals surface area (Å²) in [6.45, 7) is 0.591. The quantitative estimate of drug-likeness (QED) is 0.753. The van der Waals surface area contributed by atoms with Gasteiger partial charge in [0.05, 0.1) is 17.7 Å². The molecule has 3 aromatic rings. The molecule has 1 heterocycles. The topological polar surface area (TPSA) is 54.0 Å². The molecule has 4 nitrogen and oxygen atoms in total. The van der Waals surface area contributed by atoms with Crippen LogP contribution in [0.1, 0.15) is 5.56 Å². The molecule has 0 radical (unpaired) electrons. The van der Waals surface area contributed by atoms with Gasteiger partial charge in [-0.2, -0.15) is 0 Å². The van der Waals surface area contributed by atoms with Crippen LogP contribution >= 0.6 is 11.6 Å². The molecular formula is C18H16ClN3O. The number of carbonyl (C=O) groups excluding carboxylic acids is 1. The van der Waals surface area contributed by atoms with Crippen molar-refractivity contribution in [1.82, 2.24) is 10.3 Å². The van der Waals surface area contributed by atoms with Crippen molar-refractivity contribution < 1.29 is 4.79 Å². The first kappa shape index (κ1) is 15.3. The Bertz CT molecular complexity index is 830. The molecule has 0 spiro atoms. The number of benzene rings is 2. The molecule has 2 N–H and O–H groups in total. The zero-order valence-electron chi connectivity index (χ0n) is 12.4.